The van der Waals surface area contributed by atoms with Gasteiger partial charge in [0.15, 0.2) is 0 Å². The average molecular weight is 459 g/mol. The number of hydrogen-bond donors (Lipinski definition) is 0. The summed E-state index contributed by atoms with van der Waals surface area (Å²) >= 11 is 0. The number of ether oxygens (including phenoxy) is 1. The van der Waals surface area contributed by atoms with Crippen LogP contribution >= 0.6 is 0 Å². The number of sulfonamides is 1. The van der Waals surface area contributed by atoms with Gasteiger partial charge in [0.1, 0.15) is 12.4 Å². The number of amides is 2. The van der Waals surface area contributed by atoms with Crippen LogP contribution in [0.4, 0.5) is 4.79 Å². The SMILES string of the molecule is CCOC(=O)N1CCN(C(=O)Cn2nc(C3CCCN(S(C)(=O)=O)C3)n(C)c2=O)CC1. The van der Waals surface area contributed by atoms with E-state index in [0.29, 0.717) is 51.6 Å². The van der Waals surface area contributed by atoms with E-state index in [0.717, 1.165) is 11.1 Å². The highest BCUT2D eigenvalue weighted by Crippen LogP contribution is 2.26. The van der Waals surface area contributed by atoms with E-state index in [2.05, 4.69) is 5.10 Å². The van der Waals surface area contributed by atoms with Crippen molar-refractivity contribution in [2.24, 2.45) is 7.05 Å². The number of piperidine rings is 1. The van der Waals surface area contributed by atoms with Crippen LogP contribution < -0.4 is 5.69 Å². The van der Waals surface area contributed by atoms with Crippen molar-refractivity contribution < 1.29 is 22.7 Å². The molecule has 1 unspecified atom stereocenters. The van der Waals surface area contributed by atoms with Gasteiger partial charge in [0.25, 0.3) is 0 Å². The normalized spacial score (nSPS) is 20.7. The van der Waals surface area contributed by atoms with Crippen molar-refractivity contribution in [1.29, 1.82) is 0 Å². The topological polar surface area (TPSA) is 127 Å². The maximum atomic E-state index is 12.7. The molecule has 174 valence electrons. The van der Waals surface area contributed by atoms with Crippen LogP contribution in [-0.2, 0) is 33.1 Å². The van der Waals surface area contributed by atoms with Crippen LogP contribution in [0, 0.1) is 0 Å². The lowest BCUT2D eigenvalue weighted by atomic mass is 9.99. The molecule has 0 saturated carbocycles. The summed E-state index contributed by atoms with van der Waals surface area (Å²) in [7, 11) is -1.73. The highest BCUT2D eigenvalue weighted by atomic mass is 32.2. The first kappa shape index (κ1) is 23.3. The van der Waals surface area contributed by atoms with Crippen LogP contribution in [0.25, 0.3) is 0 Å². The van der Waals surface area contributed by atoms with Crippen LogP contribution in [0.3, 0.4) is 0 Å². The van der Waals surface area contributed by atoms with Gasteiger partial charge in [0.05, 0.1) is 12.9 Å². The second kappa shape index (κ2) is 9.39. The Morgan fingerprint density at radius 1 is 1.13 bits per heavy atom. The van der Waals surface area contributed by atoms with E-state index in [-0.39, 0.29) is 24.9 Å². The minimum Gasteiger partial charge on any atom is -0.450 e. The molecule has 2 saturated heterocycles. The third-order valence-corrected chi connectivity index (χ3v) is 7.01. The van der Waals surface area contributed by atoms with Gasteiger partial charge in [-0.05, 0) is 19.8 Å². The Balaban J connectivity index is 1.65. The molecule has 3 rings (SSSR count). The van der Waals surface area contributed by atoms with Crippen molar-refractivity contribution in [3.05, 3.63) is 16.3 Å². The maximum Gasteiger partial charge on any atom is 0.409 e. The van der Waals surface area contributed by atoms with Gasteiger partial charge in [-0.3, -0.25) is 9.36 Å². The van der Waals surface area contributed by atoms with E-state index in [1.807, 2.05) is 0 Å². The highest BCUT2D eigenvalue weighted by molar-refractivity contribution is 7.88. The zero-order chi connectivity index (χ0) is 22.8. The summed E-state index contributed by atoms with van der Waals surface area (Å²) in [5, 5.41) is 4.37. The number of hydrogen-bond acceptors (Lipinski definition) is 7. The number of nitrogens with zero attached hydrogens (tertiary/aromatic N) is 6. The van der Waals surface area contributed by atoms with Crippen molar-refractivity contribution in [1.82, 2.24) is 28.5 Å². The zero-order valence-electron chi connectivity index (χ0n) is 18.2. The molecular formula is C18H30N6O6S. The first-order valence-electron chi connectivity index (χ1n) is 10.4. The zero-order valence-corrected chi connectivity index (χ0v) is 19.0. The van der Waals surface area contributed by atoms with Crippen LogP contribution in [0.1, 0.15) is 31.5 Å². The van der Waals surface area contributed by atoms with Gasteiger partial charge < -0.3 is 14.5 Å². The lowest BCUT2D eigenvalue weighted by Crippen LogP contribution is -2.51. The van der Waals surface area contributed by atoms with Gasteiger partial charge in [-0.25, -0.2) is 27.0 Å². The molecule has 2 aliphatic heterocycles. The van der Waals surface area contributed by atoms with Gasteiger partial charge in [0, 0.05) is 52.2 Å². The quantitative estimate of drug-likeness (QED) is 0.555. The van der Waals surface area contributed by atoms with E-state index < -0.39 is 21.8 Å². The molecule has 0 aromatic carbocycles. The monoisotopic (exact) mass is 458 g/mol. The molecule has 1 aromatic rings. The molecule has 13 heteroatoms. The molecule has 2 aliphatic rings. The van der Waals surface area contributed by atoms with Crippen molar-refractivity contribution in [3.63, 3.8) is 0 Å². The summed E-state index contributed by atoms with van der Waals surface area (Å²) in [5.41, 5.74) is -0.412. The fourth-order valence-corrected chi connectivity index (χ4v) is 4.91. The maximum absolute atomic E-state index is 12.7. The Bertz CT molecular complexity index is 978. The van der Waals surface area contributed by atoms with Gasteiger partial charge in [-0.15, -0.1) is 0 Å². The molecule has 0 radical (unpaired) electrons. The Morgan fingerprint density at radius 2 is 1.77 bits per heavy atom. The summed E-state index contributed by atoms with van der Waals surface area (Å²) in [5.74, 6) is 0.0283. The summed E-state index contributed by atoms with van der Waals surface area (Å²) in [6.07, 6.45) is 2.19. The fourth-order valence-electron chi connectivity index (χ4n) is 4.00. The Hall–Kier alpha value is -2.41. The molecular weight excluding hydrogens is 428 g/mol. The minimum absolute atomic E-state index is 0.200. The van der Waals surface area contributed by atoms with Gasteiger partial charge in [-0.1, -0.05) is 0 Å². The molecule has 31 heavy (non-hydrogen) atoms. The van der Waals surface area contributed by atoms with Gasteiger partial charge >= 0.3 is 11.8 Å². The molecule has 2 amide bonds. The van der Waals surface area contributed by atoms with E-state index in [1.54, 1.807) is 23.8 Å². The summed E-state index contributed by atoms with van der Waals surface area (Å²) < 4.78 is 32.7. The highest BCUT2D eigenvalue weighted by Gasteiger charge is 2.31. The molecule has 1 aromatic heterocycles. The van der Waals surface area contributed by atoms with E-state index in [1.165, 1.54) is 15.1 Å². The predicted octanol–water partition coefficient (Wildman–Crippen LogP) is -0.978. The van der Waals surface area contributed by atoms with Crippen molar-refractivity contribution >= 4 is 22.0 Å². The van der Waals surface area contributed by atoms with Crippen molar-refractivity contribution in [3.8, 4) is 0 Å². The van der Waals surface area contributed by atoms with Crippen molar-refractivity contribution in [2.75, 3.05) is 52.1 Å². The molecule has 0 aliphatic carbocycles. The van der Waals surface area contributed by atoms with Crippen LogP contribution in [-0.4, -0.2) is 101 Å². The number of aromatic nitrogens is 3. The van der Waals surface area contributed by atoms with Gasteiger partial charge in [0.2, 0.25) is 15.9 Å². The first-order chi connectivity index (χ1) is 14.6. The minimum atomic E-state index is -3.32. The molecule has 0 bridgehead atoms. The third-order valence-electron chi connectivity index (χ3n) is 5.74. The molecule has 1 atom stereocenters. The Morgan fingerprint density at radius 3 is 2.39 bits per heavy atom. The third kappa shape index (κ3) is 5.26. The molecule has 0 spiro atoms. The number of rotatable bonds is 5. The van der Waals surface area contributed by atoms with E-state index in [9.17, 15) is 22.8 Å². The standard InChI is InChI=1S/C18H30N6O6S/c1-4-30-18(27)22-10-8-21(9-11-22)15(25)13-24-17(26)20(2)16(19-24)14-6-5-7-23(12-14)31(3,28)29/h14H,4-13H2,1-3H3. The fraction of sp³-hybridized carbons (Fsp3) is 0.778. The summed E-state index contributed by atoms with van der Waals surface area (Å²) in [6, 6.07) is 0. The van der Waals surface area contributed by atoms with Crippen molar-refractivity contribution in [2.45, 2.75) is 32.2 Å². The number of carbonyl (C=O) groups is 2. The first-order valence-corrected chi connectivity index (χ1v) is 12.2. The van der Waals surface area contributed by atoms with Gasteiger partial charge in [-0.2, -0.15) is 5.10 Å². The predicted molar refractivity (Wildman–Crippen MR) is 111 cm³/mol. The number of piperazine rings is 1. The Kier molecular flexibility index (Phi) is 7.04. The Labute approximate surface area is 181 Å². The summed E-state index contributed by atoms with van der Waals surface area (Å²) in [4.78, 5) is 40.3. The molecule has 0 N–H and O–H groups in total. The van der Waals surface area contributed by atoms with Crippen LogP contribution in [0.5, 0.6) is 0 Å². The lowest BCUT2D eigenvalue weighted by molar-refractivity contribution is -0.133. The van der Waals surface area contributed by atoms with Crippen LogP contribution in [0.15, 0.2) is 4.79 Å². The molecule has 12 nitrogen and oxygen atoms in total. The number of carbonyl (C=O) groups excluding carboxylic acids is 2. The van der Waals surface area contributed by atoms with E-state index >= 15 is 0 Å². The second-order valence-electron chi connectivity index (χ2n) is 7.88. The molecule has 2 fully saturated rings. The van der Waals surface area contributed by atoms with Crippen LogP contribution in [0.2, 0.25) is 0 Å². The average Bonchev–Trinajstić information content (AvgIpc) is 3.02. The lowest BCUT2D eigenvalue weighted by Gasteiger charge is -2.33. The second-order valence-corrected chi connectivity index (χ2v) is 9.87. The van der Waals surface area contributed by atoms with E-state index in [4.69, 9.17) is 4.74 Å². The molecule has 3 heterocycles. The largest absolute Gasteiger partial charge is 0.450 e. The summed E-state index contributed by atoms with van der Waals surface area (Å²) in [6.45, 7) is 4.03. The smallest absolute Gasteiger partial charge is 0.409 e.